The molecule has 0 spiro atoms. The van der Waals surface area contributed by atoms with E-state index in [1.165, 1.54) is 4.68 Å². The minimum Gasteiger partial charge on any atom is -0.481 e. The quantitative estimate of drug-likeness (QED) is 0.726. The Morgan fingerprint density at radius 1 is 1.11 bits per heavy atom. The van der Waals surface area contributed by atoms with Gasteiger partial charge in [-0.2, -0.15) is 9.78 Å². The monoisotopic (exact) mass is 377 g/mol. The molecule has 28 heavy (non-hydrogen) atoms. The zero-order valence-corrected chi connectivity index (χ0v) is 15.3. The predicted octanol–water partition coefficient (Wildman–Crippen LogP) is 2.29. The fourth-order valence-corrected chi connectivity index (χ4v) is 3.51. The minimum absolute atomic E-state index is 0.138. The lowest BCUT2D eigenvalue weighted by Crippen LogP contribution is -2.46. The molecule has 1 aliphatic carbocycles. The number of carbonyl (C=O) groups excluding carboxylic acids is 1. The van der Waals surface area contributed by atoms with Gasteiger partial charge in [0.15, 0.2) is 0 Å². The first kappa shape index (κ1) is 17.9. The molecule has 1 aromatic heterocycles. The Kier molecular flexibility index (Phi) is 4.43. The molecule has 7 heteroatoms. The van der Waals surface area contributed by atoms with Crippen molar-refractivity contribution in [3.63, 3.8) is 0 Å². The summed E-state index contributed by atoms with van der Waals surface area (Å²) in [6, 6.07) is 13.8. The van der Waals surface area contributed by atoms with E-state index >= 15 is 0 Å². The maximum Gasteiger partial charge on any atom is 0.306 e. The molecule has 142 valence electrons. The predicted molar refractivity (Wildman–Crippen MR) is 104 cm³/mol. The minimum atomic E-state index is -0.829. The van der Waals surface area contributed by atoms with Crippen LogP contribution in [0.2, 0.25) is 0 Å². The highest BCUT2D eigenvalue weighted by Gasteiger charge is 2.35. The Morgan fingerprint density at radius 3 is 2.54 bits per heavy atom. The molecule has 1 heterocycles. The van der Waals surface area contributed by atoms with E-state index < -0.39 is 5.97 Å². The van der Waals surface area contributed by atoms with Gasteiger partial charge in [0.2, 0.25) is 0 Å². The zero-order chi connectivity index (χ0) is 19.8. The summed E-state index contributed by atoms with van der Waals surface area (Å²) in [7, 11) is 0. The number of nitrogens with one attached hydrogen (secondary N) is 1. The number of aryl methyl sites for hydroxylation is 1. The van der Waals surface area contributed by atoms with Gasteiger partial charge in [-0.15, -0.1) is 0 Å². The molecule has 0 atom stereocenters. The number of carbonyl (C=O) groups is 2. The topological polar surface area (TPSA) is 101 Å². The second-order valence-electron chi connectivity index (χ2n) is 7.08. The van der Waals surface area contributed by atoms with Gasteiger partial charge in [0.1, 0.15) is 0 Å². The van der Waals surface area contributed by atoms with Gasteiger partial charge in [-0.25, -0.2) is 0 Å². The Hall–Kier alpha value is -3.48. The van der Waals surface area contributed by atoms with Crippen molar-refractivity contribution in [2.24, 2.45) is 5.92 Å². The van der Waals surface area contributed by atoms with Gasteiger partial charge in [0, 0.05) is 17.0 Å². The van der Waals surface area contributed by atoms with Crippen molar-refractivity contribution < 1.29 is 14.7 Å². The number of aromatic nitrogens is 2. The Bertz CT molecular complexity index is 1150. The summed E-state index contributed by atoms with van der Waals surface area (Å²) in [5.74, 6) is -1.51. The Morgan fingerprint density at radius 2 is 1.82 bits per heavy atom. The van der Waals surface area contributed by atoms with Crippen LogP contribution in [0.3, 0.4) is 0 Å². The first-order chi connectivity index (χ1) is 13.4. The molecule has 0 unspecified atom stereocenters. The number of carboxylic acids is 1. The lowest BCUT2D eigenvalue weighted by molar-refractivity contribution is -0.145. The van der Waals surface area contributed by atoms with Crippen LogP contribution in [-0.4, -0.2) is 32.8 Å². The van der Waals surface area contributed by atoms with Gasteiger partial charge in [-0.05, 0) is 44.0 Å². The molecule has 0 radical (unpaired) electrons. The number of rotatable bonds is 4. The molecule has 4 rings (SSSR count). The molecule has 1 saturated carbocycles. The summed E-state index contributed by atoms with van der Waals surface area (Å²) >= 11 is 0. The molecule has 3 aromatic rings. The second-order valence-corrected chi connectivity index (χ2v) is 7.08. The molecule has 7 nitrogen and oxygen atoms in total. The van der Waals surface area contributed by atoms with Crippen LogP contribution >= 0.6 is 0 Å². The van der Waals surface area contributed by atoms with Crippen molar-refractivity contribution in [2.45, 2.75) is 25.8 Å². The Labute approximate surface area is 160 Å². The van der Waals surface area contributed by atoms with E-state index in [2.05, 4.69) is 10.4 Å². The molecule has 1 amide bonds. The molecule has 2 aromatic carbocycles. The highest BCUT2D eigenvalue weighted by atomic mass is 16.4. The summed E-state index contributed by atoms with van der Waals surface area (Å²) < 4.78 is 1.30. The van der Waals surface area contributed by atoms with Crippen molar-refractivity contribution in [3.8, 4) is 5.69 Å². The fraction of sp³-hybridized carbons (Fsp3) is 0.238. The van der Waals surface area contributed by atoms with Crippen molar-refractivity contribution in [1.82, 2.24) is 15.1 Å². The van der Waals surface area contributed by atoms with Crippen LogP contribution in [0.5, 0.6) is 0 Å². The van der Waals surface area contributed by atoms with Gasteiger partial charge in [-0.1, -0.05) is 24.3 Å². The average Bonchev–Trinajstić information content (AvgIpc) is 2.67. The van der Waals surface area contributed by atoms with E-state index in [0.717, 1.165) is 11.1 Å². The average molecular weight is 377 g/mol. The number of benzene rings is 2. The van der Waals surface area contributed by atoms with Crippen molar-refractivity contribution in [3.05, 3.63) is 70.1 Å². The molecule has 2 N–H and O–H groups in total. The molecule has 0 saturated heterocycles. The summed E-state index contributed by atoms with van der Waals surface area (Å²) in [6.45, 7) is 1.84. The third-order valence-corrected chi connectivity index (χ3v) is 5.17. The molecular weight excluding hydrogens is 358 g/mol. The van der Waals surface area contributed by atoms with Crippen LogP contribution in [0.15, 0.2) is 53.3 Å². The fourth-order valence-electron chi connectivity index (χ4n) is 3.51. The SMILES string of the molecule is Cc1nn(-c2cccc(C(=O)NC3CC(C(=O)O)C3)c2)c(=O)c2ccccc12. The summed E-state index contributed by atoms with van der Waals surface area (Å²) in [6.07, 6.45) is 0.872. The van der Waals surface area contributed by atoms with Crippen molar-refractivity contribution in [1.29, 1.82) is 0 Å². The number of nitrogens with zero attached hydrogens (tertiary/aromatic N) is 2. The van der Waals surface area contributed by atoms with Crippen molar-refractivity contribution in [2.75, 3.05) is 0 Å². The molecule has 0 bridgehead atoms. The highest BCUT2D eigenvalue weighted by Crippen LogP contribution is 2.27. The van der Waals surface area contributed by atoms with Crippen LogP contribution in [0, 0.1) is 12.8 Å². The first-order valence-corrected chi connectivity index (χ1v) is 9.07. The molecule has 1 aliphatic rings. The summed E-state index contributed by atoms with van der Waals surface area (Å²) in [5, 5.41) is 17.5. The Balaban J connectivity index is 1.62. The number of aliphatic carboxylic acids is 1. The largest absolute Gasteiger partial charge is 0.481 e. The third-order valence-electron chi connectivity index (χ3n) is 5.17. The van der Waals surface area contributed by atoms with E-state index in [1.54, 1.807) is 36.4 Å². The first-order valence-electron chi connectivity index (χ1n) is 9.07. The number of hydrogen-bond donors (Lipinski definition) is 2. The van der Waals surface area contributed by atoms with E-state index in [1.807, 2.05) is 19.1 Å². The van der Waals surface area contributed by atoms with E-state index in [0.29, 0.717) is 29.5 Å². The standard InChI is InChI=1S/C21H19N3O4/c1-12-17-7-2-3-8-18(17)20(26)24(23-12)16-6-4-5-13(11-16)19(25)22-15-9-14(10-15)21(27)28/h2-8,11,14-15H,9-10H2,1H3,(H,22,25)(H,27,28). The number of amides is 1. The van der Waals surface area contributed by atoms with Gasteiger partial charge in [0.05, 0.1) is 22.7 Å². The lowest BCUT2D eigenvalue weighted by atomic mass is 9.80. The maximum absolute atomic E-state index is 12.8. The zero-order valence-electron chi connectivity index (χ0n) is 15.3. The smallest absolute Gasteiger partial charge is 0.306 e. The van der Waals surface area contributed by atoms with Gasteiger partial charge >= 0.3 is 5.97 Å². The maximum atomic E-state index is 12.8. The van der Waals surface area contributed by atoms with E-state index in [4.69, 9.17) is 5.11 Å². The number of hydrogen-bond acceptors (Lipinski definition) is 4. The third kappa shape index (κ3) is 3.15. The lowest BCUT2D eigenvalue weighted by Gasteiger charge is -2.32. The van der Waals surface area contributed by atoms with E-state index in [-0.39, 0.29) is 23.4 Å². The van der Waals surface area contributed by atoms with Gasteiger partial charge in [0.25, 0.3) is 11.5 Å². The van der Waals surface area contributed by atoms with Crippen LogP contribution in [-0.2, 0) is 4.79 Å². The van der Waals surface area contributed by atoms with Crippen LogP contribution in [0.1, 0.15) is 28.9 Å². The highest BCUT2D eigenvalue weighted by molar-refractivity contribution is 5.95. The second kappa shape index (κ2) is 6.92. The molecular formula is C21H19N3O4. The van der Waals surface area contributed by atoms with Crippen LogP contribution in [0.25, 0.3) is 16.5 Å². The summed E-state index contributed by atoms with van der Waals surface area (Å²) in [4.78, 5) is 36.2. The van der Waals surface area contributed by atoms with Gasteiger partial charge < -0.3 is 10.4 Å². The van der Waals surface area contributed by atoms with Crippen molar-refractivity contribution >= 4 is 22.6 Å². The summed E-state index contributed by atoms with van der Waals surface area (Å²) in [5.41, 5.74) is 1.38. The van der Waals surface area contributed by atoms with Gasteiger partial charge in [-0.3, -0.25) is 14.4 Å². The number of carboxylic acid groups (broad SMARTS) is 1. The van der Waals surface area contributed by atoms with Crippen LogP contribution in [0.4, 0.5) is 0 Å². The van der Waals surface area contributed by atoms with Crippen LogP contribution < -0.4 is 10.9 Å². The molecule has 1 fully saturated rings. The number of fused-ring (bicyclic) bond motifs is 1. The van der Waals surface area contributed by atoms with E-state index in [9.17, 15) is 14.4 Å². The molecule has 0 aliphatic heterocycles. The normalized spacial score (nSPS) is 18.5.